The Labute approximate surface area is 85.1 Å². The number of halogens is 2. The molecule has 0 unspecified atom stereocenters. The third-order valence-corrected chi connectivity index (χ3v) is 1.92. The summed E-state index contributed by atoms with van der Waals surface area (Å²) in [5.74, 6) is -1.92. The van der Waals surface area contributed by atoms with E-state index in [-0.39, 0.29) is 16.3 Å². The largest absolute Gasteiger partial charge is 0.492 e. The first-order chi connectivity index (χ1) is 6.56. The SMILES string of the molecule is CCOc1cc(F)cc(C(=O)O)c1Cl. The molecule has 5 heteroatoms. The molecule has 1 rings (SSSR count). The lowest BCUT2D eigenvalue weighted by atomic mass is 10.2. The van der Waals surface area contributed by atoms with E-state index in [2.05, 4.69) is 0 Å². The lowest BCUT2D eigenvalue weighted by molar-refractivity contribution is 0.0696. The molecule has 1 aromatic rings. The molecule has 1 N–H and O–H groups in total. The number of ether oxygens (including phenoxy) is 1. The van der Waals surface area contributed by atoms with Gasteiger partial charge in [-0.2, -0.15) is 0 Å². The summed E-state index contributed by atoms with van der Waals surface area (Å²) >= 11 is 5.68. The average molecular weight is 219 g/mol. The van der Waals surface area contributed by atoms with Crippen LogP contribution in [-0.4, -0.2) is 17.7 Å². The van der Waals surface area contributed by atoms with Gasteiger partial charge in [0, 0.05) is 6.07 Å². The van der Waals surface area contributed by atoms with Crippen LogP contribution in [0.25, 0.3) is 0 Å². The number of carboxylic acids is 1. The highest BCUT2D eigenvalue weighted by Crippen LogP contribution is 2.29. The van der Waals surface area contributed by atoms with Gasteiger partial charge in [0.25, 0.3) is 0 Å². The van der Waals surface area contributed by atoms with Gasteiger partial charge in [0.1, 0.15) is 11.6 Å². The van der Waals surface area contributed by atoms with Crippen molar-refractivity contribution in [3.05, 3.63) is 28.5 Å². The van der Waals surface area contributed by atoms with E-state index >= 15 is 0 Å². The Morgan fingerprint density at radius 2 is 2.29 bits per heavy atom. The number of hydrogen-bond acceptors (Lipinski definition) is 2. The van der Waals surface area contributed by atoms with Gasteiger partial charge in [0.2, 0.25) is 0 Å². The van der Waals surface area contributed by atoms with Crippen molar-refractivity contribution in [2.75, 3.05) is 6.61 Å². The van der Waals surface area contributed by atoms with Crippen molar-refractivity contribution in [3.8, 4) is 5.75 Å². The van der Waals surface area contributed by atoms with Crippen molar-refractivity contribution in [2.45, 2.75) is 6.92 Å². The van der Waals surface area contributed by atoms with Crippen LogP contribution in [0, 0.1) is 5.82 Å². The van der Waals surface area contributed by atoms with Crippen LogP contribution in [0.2, 0.25) is 5.02 Å². The Hall–Kier alpha value is -1.29. The fraction of sp³-hybridized carbons (Fsp3) is 0.222. The second-order valence-electron chi connectivity index (χ2n) is 2.50. The normalized spacial score (nSPS) is 9.93. The van der Waals surface area contributed by atoms with Crippen molar-refractivity contribution < 1.29 is 19.0 Å². The lowest BCUT2D eigenvalue weighted by Gasteiger charge is -2.07. The monoisotopic (exact) mass is 218 g/mol. The molecule has 0 saturated heterocycles. The molecule has 0 aromatic heterocycles. The van der Waals surface area contributed by atoms with Gasteiger partial charge in [-0.3, -0.25) is 0 Å². The van der Waals surface area contributed by atoms with Crippen LogP contribution in [0.5, 0.6) is 5.75 Å². The summed E-state index contributed by atoms with van der Waals surface area (Å²) < 4.78 is 17.9. The van der Waals surface area contributed by atoms with Gasteiger partial charge in [-0.05, 0) is 13.0 Å². The zero-order valence-electron chi connectivity index (χ0n) is 7.38. The van der Waals surface area contributed by atoms with Gasteiger partial charge in [-0.25, -0.2) is 9.18 Å². The van der Waals surface area contributed by atoms with E-state index in [1.807, 2.05) is 0 Å². The van der Waals surface area contributed by atoms with Gasteiger partial charge in [-0.1, -0.05) is 11.6 Å². The summed E-state index contributed by atoms with van der Waals surface area (Å²) in [5, 5.41) is 8.59. The van der Waals surface area contributed by atoms with Gasteiger partial charge in [0.15, 0.2) is 0 Å². The Kier molecular flexibility index (Phi) is 3.30. The standard InChI is InChI=1S/C9H8ClFO3/c1-2-14-7-4-5(11)3-6(8(7)10)9(12)13/h3-4H,2H2,1H3,(H,12,13). The Morgan fingerprint density at radius 3 is 2.79 bits per heavy atom. The van der Waals surface area contributed by atoms with E-state index in [9.17, 15) is 9.18 Å². The van der Waals surface area contributed by atoms with Gasteiger partial charge < -0.3 is 9.84 Å². The predicted octanol–water partition coefficient (Wildman–Crippen LogP) is 2.58. The third kappa shape index (κ3) is 2.14. The molecule has 0 saturated carbocycles. The quantitative estimate of drug-likeness (QED) is 0.848. The molecule has 0 heterocycles. The van der Waals surface area contributed by atoms with E-state index < -0.39 is 11.8 Å². The summed E-state index contributed by atoms with van der Waals surface area (Å²) in [6.07, 6.45) is 0. The maximum Gasteiger partial charge on any atom is 0.337 e. The van der Waals surface area contributed by atoms with Crippen molar-refractivity contribution in [2.24, 2.45) is 0 Å². The number of aromatic carboxylic acids is 1. The number of carboxylic acid groups (broad SMARTS) is 1. The van der Waals surface area contributed by atoms with E-state index in [4.69, 9.17) is 21.4 Å². The molecular weight excluding hydrogens is 211 g/mol. The second kappa shape index (κ2) is 4.28. The number of carbonyl (C=O) groups is 1. The number of rotatable bonds is 3. The summed E-state index contributed by atoms with van der Waals surface area (Å²) in [4.78, 5) is 10.6. The first-order valence-electron chi connectivity index (χ1n) is 3.91. The summed E-state index contributed by atoms with van der Waals surface area (Å²) in [6.45, 7) is 1.99. The van der Waals surface area contributed by atoms with Crippen molar-refractivity contribution in [3.63, 3.8) is 0 Å². The molecule has 14 heavy (non-hydrogen) atoms. The minimum Gasteiger partial charge on any atom is -0.492 e. The van der Waals surface area contributed by atoms with Crippen molar-refractivity contribution in [1.29, 1.82) is 0 Å². The molecule has 0 radical (unpaired) electrons. The molecule has 0 aliphatic rings. The predicted molar refractivity (Wildman–Crippen MR) is 49.5 cm³/mol. The van der Waals surface area contributed by atoms with Crippen LogP contribution in [0.3, 0.4) is 0 Å². The fourth-order valence-electron chi connectivity index (χ4n) is 0.980. The number of benzene rings is 1. The summed E-state index contributed by atoms with van der Waals surface area (Å²) in [6, 6.07) is 1.91. The zero-order chi connectivity index (χ0) is 10.7. The highest BCUT2D eigenvalue weighted by Gasteiger charge is 2.15. The Morgan fingerprint density at radius 1 is 1.64 bits per heavy atom. The van der Waals surface area contributed by atoms with Crippen LogP contribution < -0.4 is 4.74 Å². The molecule has 0 amide bonds. The Balaban J connectivity index is 3.24. The van der Waals surface area contributed by atoms with Gasteiger partial charge in [0.05, 0.1) is 17.2 Å². The van der Waals surface area contributed by atoms with Crippen LogP contribution in [0.15, 0.2) is 12.1 Å². The highest BCUT2D eigenvalue weighted by molar-refractivity contribution is 6.34. The summed E-state index contributed by atoms with van der Waals surface area (Å²) in [5.41, 5.74) is -0.296. The second-order valence-corrected chi connectivity index (χ2v) is 2.88. The maximum atomic E-state index is 12.9. The van der Waals surface area contributed by atoms with Crippen LogP contribution in [0.1, 0.15) is 17.3 Å². The lowest BCUT2D eigenvalue weighted by Crippen LogP contribution is -2.01. The topological polar surface area (TPSA) is 46.5 Å². The zero-order valence-corrected chi connectivity index (χ0v) is 8.14. The molecule has 1 aromatic carbocycles. The maximum absolute atomic E-state index is 12.9. The fourth-order valence-corrected chi connectivity index (χ4v) is 1.22. The first kappa shape index (κ1) is 10.8. The molecule has 0 fully saturated rings. The van der Waals surface area contributed by atoms with Crippen LogP contribution in [0.4, 0.5) is 4.39 Å². The van der Waals surface area contributed by atoms with Gasteiger partial charge >= 0.3 is 5.97 Å². The Bertz CT molecular complexity index is 365. The number of hydrogen-bond donors (Lipinski definition) is 1. The van der Waals surface area contributed by atoms with Crippen LogP contribution >= 0.6 is 11.6 Å². The minimum atomic E-state index is -1.28. The summed E-state index contributed by atoms with van der Waals surface area (Å²) in [7, 11) is 0. The molecule has 0 spiro atoms. The molecule has 3 nitrogen and oxygen atoms in total. The molecular formula is C9H8ClFO3. The third-order valence-electron chi connectivity index (χ3n) is 1.53. The van der Waals surface area contributed by atoms with E-state index in [1.54, 1.807) is 6.92 Å². The van der Waals surface area contributed by atoms with Gasteiger partial charge in [-0.15, -0.1) is 0 Å². The van der Waals surface area contributed by atoms with Crippen molar-refractivity contribution >= 4 is 17.6 Å². The van der Waals surface area contributed by atoms with Crippen molar-refractivity contribution in [1.82, 2.24) is 0 Å². The molecule has 0 atom stereocenters. The van der Waals surface area contributed by atoms with E-state index in [0.29, 0.717) is 6.61 Å². The molecule has 76 valence electrons. The van der Waals surface area contributed by atoms with E-state index in [1.165, 1.54) is 0 Å². The molecule has 0 aliphatic heterocycles. The smallest absolute Gasteiger partial charge is 0.337 e. The minimum absolute atomic E-state index is 0.0477. The van der Waals surface area contributed by atoms with Crippen LogP contribution in [-0.2, 0) is 0 Å². The average Bonchev–Trinajstić information content (AvgIpc) is 2.10. The molecule has 0 bridgehead atoms. The van der Waals surface area contributed by atoms with E-state index in [0.717, 1.165) is 12.1 Å². The highest BCUT2D eigenvalue weighted by atomic mass is 35.5. The first-order valence-corrected chi connectivity index (χ1v) is 4.29. The molecule has 0 aliphatic carbocycles.